The number of carbonyl (C=O) groups is 1. The van der Waals surface area contributed by atoms with E-state index >= 15 is 0 Å². The third-order valence-corrected chi connectivity index (χ3v) is 5.60. The number of ether oxygens (including phenoxy) is 4. The molecule has 0 radical (unpaired) electrons. The predicted molar refractivity (Wildman–Crippen MR) is 127 cm³/mol. The van der Waals surface area contributed by atoms with Crippen molar-refractivity contribution in [1.82, 2.24) is 0 Å². The van der Waals surface area contributed by atoms with Gasteiger partial charge in [-0.1, -0.05) is 44.2 Å². The van der Waals surface area contributed by atoms with Gasteiger partial charge >= 0.3 is 11.6 Å². The van der Waals surface area contributed by atoms with Gasteiger partial charge in [-0.25, -0.2) is 9.59 Å². The molecule has 0 amide bonds. The van der Waals surface area contributed by atoms with E-state index in [4.69, 9.17) is 23.4 Å². The Hall–Kier alpha value is -3.32. The summed E-state index contributed by atoms with van der Waals surface area (Å²) < 4.78 is 28.7. The van der Waals surface area contributed by atoms with Crippen LogP contribution in [0.2, 0.25) is 0 Å². The summed E-state index contributed by atoms with van der Waals surface area (Å²) in [6.07, 6.45) is 2.51. The highest BCUT2D eigenvalue weighted by Gasteiger charge is 2.26. The number of carbonyl (C=O) groups excluding carboxylic acids is 1. The molecule has 0 aliphatic carbocycles. The number of fused-ring (bicyclic) bond motifs is 1. The lowest BCUT2D eigenvalue weighted by atomic mass is 10.1. The van der Waals surface area contributed by atoms with Crippen molar-refractivity contribution in [2.24, 2.45) is 5.92 Å². The zero-order valence-electron chi connectivity index (χ0n) is 19.8. The SMILES string of the molecule is Cc1c(OC2CCCCO2)ccc2c(OCc3ccccc3)c(C(=O)OCC(C)C)c(=O)oc12. The first kappa shape index (κ1) is 23.8. The first-order chi connectivity index (χ1) is 16.4. The van der Waals surface area contributed by atoms with Gasteiger partial charge in [0.1, 0.15) is 17.9 Å². The molecular formula is C27H30O7. The Balaban J connectivity index is 1.75. The molecule has 1 saturated heterocycles. The Bertz CT molecular complexity index is 1190. The van der Waals surface area contributed by atoms with E-state index in [2.05, 4.69) is 0 Å². The first-order valence-electron chi connectivity index (χ1n) is 11.7. The maximum absolute atomic E-state index is 13.0. The second-order valence-electron chi connectivity index (χ2n) is 8.84. The summed E-state index contributed by atoms with van der Waals surface area (Å²) in [7, 11) is 0. The van der Waals surface area contributed by atoms with Gasteiger partial charge in [-0.3, -0.25) is 0 Å². The van der Waals surface area contributed by atoms with Gasteiger partial charge in [-0.2, -0.15) is 0 Å². The van der Waals surface area contributed by atoms with Crippen molar-refractivity contribution in [2.75, 3.05) is 13.2 Å². The number of hydrogen-bond donors (Lipinski definition) is 0. The summed E-state index contributed by atoms with van der Waals surface area (Å²) in [4.78, 5) is 25.8. The van der Waals surface area contributed by atoms with Crippen LogP contribution < -0.4 is 15.1 Å². The lowest BCUT2D eigenvalue weighted by Crippen LogP contribution is -2.25. The molecule has 7 heteroatoms. The minimum Gasteiger partial charge on any atom is -0.487 e. The summed E-state index contributed by atoms with van der Waals surface area (Å²) in [5.41, 5.74) is 0.792. The Kier molecular flexibility index (Phi) is 7.53. The van der Waals surface area contributed by atoms with Crippen LogP contribution in [0.4, 0.5) is 0 Å². The van der Waals surface area contributed by atoms with Crippen molar-refractivity contribution >= 4 is 16.9 Å². The number of rotatable bonds is 8. The third kappa shape index (κ3) is 5.42. The average Bonchev–Trinajstić information content (AvgIpc) is 2.84. The standard InChI is InChI=1S/C27H30O7/c1-17(2)15-32-26(28)23-25(31-16-19-9-5-4-6-10-19)20-12-13-21(18(3)24(20)34-27(23)29)33-22-11-7-8-14-30-22/h4-6,9-10,12-13,17,22H,7-8,11,14-16H2,1-3H3. The van der Waals surface area contributed by atoms with Gasteiger partial charge in [0.05, 0.1) is 18.6 Å². The molecule has 7 nitrogen and oxygen atoms in total. The van der Waals surface area contributed by atoms with Crippen LogP contribution >= 0.6 is 0 Å². The van der Waals surface area contributed by atoms with Gasteiger partial charge in [0.2, 0.25) is 0 Å². The fraction of sp³-hybridized carbons (Fsp3) is 0.407. The molecule has 1 aliphatic heterocycles. The fourth-order valence-corrected chi connectivity index (χ4v) is 3.80. The van der Waals surface area contributed by atoms with Crippen molar-refractivity contribution in [3.05, 3.63) is 69.6 Å². The van der Waals surface area contributed by atoms with Crippen LogP contribution in [0.15, 0.2) is 51.7 Å². The third-order valence-electron chi connectivity index (χ3n) is 5.60. The second-order valence-corrected chi connectivity index (χ2v) is 8.84. The molecule has 1 atom stereocenters. The molecule has 4 rings (SSSR count). The van der Waals surface area contributed by atoms with E-state index in [9.17, 15) is 9.59 Å². The Morgan fingerprint density at radius 1 is 1.12 bits per heavy atom. The van der Waals surface area contributed by atoms with Gasteiger partial charge < -0.3 is 23.4 Å². The van der Waals surface area contributed by atoms with Crippen LogP contribution in [0.3, 0.4) is 0 Å². The molecule has 3 aromatic rings. The predicted octanol–water partition coefficient (Wildman–Crippen LogP) is 5.40. The number of hydrogen-bond acceptors (Lipinski definition) is 7. The van der Waals surface area contributed by atoms with Crippen LogP contribution in [-0.4, -0.2) is 25.5 Å². The van der Waals surface area contributed by atoms with Crippen LogP contribution in [0.1, 0.15) is 54.6 Å². The van der Waals surface area contributed by atoms with Gasteiger partial charge in [-0.05, 0) is 43.4 Å². The Morgan fingerprint density at radius 3 is 2.62 bits per heavy atom. The summed E-state index contributed by atoms with van der Waals surface area (Å²) in [6, 6.07) is 13.0. The van der Waals surface area contributed by atoms with E-state index in [1.807, 2.05) is 44.2 Å². The molecule has 0 N–H and O–H groups in total. The normalized spacial score (nSPS) is 15.9. The fourth-order valence-electron chi connectivity index (χ4n) is 3.80. The van der Waals surface area contributed by atoms with Crippen molar-refractivity contribution in [3.63, 3.8) is 0 Å². The minimum atomic E-state index is -0.807. The van der Waals surface area contributed by atoms with E-state index in [0.29, 0.717) is 28.9 Å². The smallest absolute Gasteiger partial charge is 0.354 e. The molecule has 1 unspecified atom stereocenters. The zero-order chi connectivity index (χ0) is 24.1. The number of benzene rings is 2. The lowest BCUT2D eigenvalue weighted by Gasteiger charge is -2.24. The second kappa shape index (κ2) is 10.7. The molecular weight excluding hydrogens is 436 g/mol. The summed E-state index contributed by atoms with van der Waals surface area (Å²) in [5.74, 6) is 0.0641. The van der Waals surface area contributed by atoms with Crippen LogP contribution in [-0.2, 0) is 16.1 Å². The van der Waals surface area contributed by atoms with E-state index in [1.165, 1.54) is 0 Å². The monoisotopic (exact) mass is 466 g/mol. The first-order valence-corrected chi connectivity index (χ1v) is 11.7. The molecule has 0 spiro atoms. The topological polar surface area (TPSA) is 84.2 Å². The zero-order valence-corrected chi connectivity index (χ0v) is 19.8. The van der Waals surface area contributed by atoms with Crippen molar-refractivity contribution in [3.8, 4) is 11.5 Å². The number of esters is 1. The molecule has 2 heterocycles. The van der Waals surface area contributed by atoms with Gasteiger partial charge in [0, 0.05) is 12.0 Å². The van der Waals surface area contributed by atoms with Gasteiger partial charge in [0.25, 0.3) is 0 Å². The highest BCUT2D eigenvalue weighted by molar-refractivity contribution is 5.99. The minimum absolute atomic E-state index is 0.120. The Labute approximate surface area is 198 Å². The van der Waals surface area contributed by atoms with E-state index in [1.54, 1.807) is 19.1 Å². The maximum Gasteiger partial charge on any atom is 0.354 e. The summed E-state index contributed by atoms with van der Waals surface area (Å²) >= 11 is 0. The van der Waals surface area contributed by atoms with E-state index in [0.717, 1.165) is 24.8 Å². The van der Waals surface area contributed by atoms with Crippen molar-refractivity contribution in [2.45, 2.75) is 52.9 Å². The highest BCUT2D eigenvalue weighted by Crippen LogP contribution is 2.35. The summed E-state index contributed by atoms with van der Waals surface area (Å²) in [5, 5.41) is 0.501. The Morgan fingerprint density at radius 2 is 1.91 bits per heavy atom. The molecule has 0 bridgehead atoms. The van der Waals surface area contributed by atoms with E-state index in [-0.39, 0.29) is 36.7 Å². The van der Waals surface area contributed by atoms with Crippen LogP contribution in [0.5, 0.6) is 11.5 Å². The van der Waals surface area contributed by atoms with Crippen molar-refractivity contribution < 1.29 is 28.2 Å². The molecule has 1 fully saturated rings. The quantitative estimate of drug-likeness (QED) is 0.325. The van der Waals surface area contributed by atoms with Crippen LogP contribution in [0.25, 0.3) is 11.0 Å². The highest BCUT2D eigenvalue weighted by atomic mass is 16.7. The average molecular weight is 467 g/mol. The summed E-state index contributed by atoms with van der Waals surface area (Å²) in [6.45, 7) is 6.67. The molecule has 2 aromatic carbocycles. The largest absolute Gasteiger partial charge is 0.487 e. The van der Waals surface area contributed by atoms with Crippen LogP contribution in [0, 0.1) is 12.8 Å². The van der Waals surface area contributed by atoms with Crippen molar-refractivity contribution in [1.29, 1.82) is 0 Å². The number of aryl methyl sites for hydroxylation is 1. The molecule has 180 valence electrons. The lowest BCUT2D eigenvalue weighted by molar-refractivity contribution is -0.106. The van der Waals surface area contributed by atoms with Gasteiger partial charge in [-0.15, -0.1) is 0 Å². The van der Waals surface area contributed by atoms with E-state index < -0.39 is 11.6 Å². The maximum atomic E-state index is 13.0. The molecule has 1 aromatic heterocycles. The van der Waals surface area contributed by atoms with Gasteiger partial charge in [0.15, 0.2) is 17.6 Å². The molecule has 34 heavy (non-hydrogen) atoms. The molecule has 0 saturated carbocycles. The molecule has 1 aliphatic rings.